The maximum Gasteiger partial charge on any atom is 0.342 e. The molecule has 1 rings (SSSR count). The lowest BCUT2D eigenvalue weighted by Gasteiger charge is -2.11. The van der Waals surface area contributed by atoms with Crippen LogP contribution in [0.5, 0.6) is 5.75 Å². The molecule has 0 bridgehead atoms. The number of hydrogen-bond donors (Lipinski definition) is 0. The van der Waals surface area contributed by atoms with Gasteiger partial charge in [-0.1, -0.05) is 23.2 Å². The summed E-state index contributed by atoms with van der Waals surface area (Å²) in [7, 11) is 0. The van der Waals surface area contributed by atoms with Crippen LogP contribution >= 0.6 is 23.2 Å². The Bertz CT molecular complexity index is 391. The number of benzene rings is 1. The molecule has 0 aliphatic heterocycles. The van der Waals surface area contributed by atoms with Crippen molar-refractivity contribution in [2.75, 3.05) is 13.2 Å². The maximum absolute atomic E-state index is 11.6. The second kappa shape index (κ2) is 5.97. The zero-order valence-corrected chi connectivity index (χ0v) is 10.6. The van der Waals surface area contributed by atoms with Gasteiger partial charge in [0, 0.05) is 5.02 Å². The van der Waals surface area contributed by atoms with Crippen molar-refractivity contribution in [2.24, 2.45) is 0 Å². The Morgan fingerprint density at radius 3 is 2.50 bits per heavy atom. The normalized spacial score (nSPS) is 10.0. The predicted octanol–water partition coefficient (Wildman–Crippen LogP) is 3.57. The third-order valence-electron chi connectivity index (χ3n) is 1.79. The average Bonchev–Trinajstić information content (AvgIpc) is 2.22. The Kier molecular flexibility index (Phi) is 4.90. The van der Waals surface area contributed by atoms with Gasteiger partial charge in [0.25, 0.3) is 0 Å². The first-order valence-electron chi connectivity index (χ1n) is 4.89. The van der Waals surface area contributed by atoms with Crippen molar-refractivity contribution in [3.05, 3.63) is 27.7 Å². The molecule has 0 saturated carbocycles. The molecule has 16 heavy (non-hydrogen) atoms. The molecule has 1 aromatic rings. The van der Waals surface area contributed by atoms with Gasteiger partial charge in [0.1, 0.15) is 5.56 Å². The van der Waals surface area contributed by atoms with Crippen molar-refractivity contribution in [2.45, 2.75) is 13.8 Å². The predicted molar refractivity (Wildman–Crippen MR) is 63.6 cm³/mol. The number of rotatable bonds is 4. The third kappa shape index (κ3) is 3.03. The van der Waals surface area contributed by atoms with E-state index in [1.165, 1.54) is 12.1 Å². The molecule has 0 aromatic heterocycles. The molecule has 3 nitrogen and oxygen atoms in total. The average molecular weight is 263 g/mol. The number of hydrogen-bond acceptors (Lipinski definition) is 3. The largest absolute Gasteiger partial charge is 0.491 e. The fourth-order valence-corrected chi connectivity index (χ4v) is 1.76. The van der Waals surface area contributed by atoms with Crippen molar-refractivity contribution < 1.29 is 14.3 Å². The van der Waals surface area contributed by atoms with E-state index in [4.69, 9.17) is 32.7 Å². The fraction of sp³-hybridized carbons (Fsp3) is 0.364. The van der Waals surface area contributed by atoms with Crippen molar-refractivity contribution in [1.29, 1.82) is 0 Å². The summed E-state index contributed by atoms with van der Waals surface area (Å²) in [6.07, 6.45) is 0. The third-order valence-corrected chi connectivity index (χ3v) is 2.29. The van der Waals surface area contributed by atoms with Crippen LogP contribution in [-0.4, -0.2) is 19.2 Å². The summed E-state index contributed by atoms with van der Waals surface area (Å²) < 4.78 is 10.2. The van der Waals surface area contributed by atoms with Crippen LogP contribution in [0.25, 0.3) is 0 Å². The van der Waals surface area contributed by atoms with E-state index in [2.05, 4.69) is 0 Å². The van der Waals surface area contributed by atoms with Crippen LogP contribution < -0.4 is 4.74 Å². The molecule has 0 atom stereocenters. The zero-order chi connectivity index (χ0) is 12.1. The van der Waals surface area contributed by atoms with Gasteiger partial charge in [-0.3, -0.25) is 0 Å². The summed E-state index contributed by atoms with van der Waals surface area (Å²) in [5.41, 5.74) is 0.251. The highest BCUT2D eigenvalue weighted by atomic mass is 35.5. The van der Waals surface area contributed by atoms with Gasteiger partial charge in [-0.15, -0.1) is 0 Å². The van der Waals surface area contributed by atoms with Crippen LogP contribution in [0.3, 0.4) is 0 Å². The molecule has 0 aliphatic rings. The molecule has 0 unspecified atom stereocenters. The second-order valence-electron chi connectivity index (χ2n) is 2.92. The first kappa shape index (κ1) is 13.1. The number of carbonyl (C=O) groups is 1. The highest BCUT2D eigenvalue weighted by molar-refractivity contribution is 6.36. The molecular formula is C11H12Cl2O3. The van der Waals surface area contributed by atoms with E-state index >= 15 is 0 Å². The lowest BCUT2D eigenvalue weighted by Crippen LogP contribution is -2.08. The minimum Gasteiger partial charge on any atom is -0.491 e. The molecule has 1 aromatic carbocycles. The van der Waals surface area contributed by atoms with Crippen LogP contribution in [0.2, 0.25) is 10.0 Å². The van der Waals surface area contributed by atoms with E-state index in [-0.39, 0.29) is 12.2 Å². The summed E-state index contributed by atoms with van der Waals surface area (Å²) in [6.45, 7) is 4.23. The topological polar surface area (TPSA) is 35.5 Å². The first-order chi connectivity index (χ1) is 7.60. The van der Waals surface area contributed by atoms with Crippen LogP contribution in [0, 0.1) is 0 Å². The van der Waals surface area contributed by atoms with Crippen LogP contribution in [0.4, 0.5) is 0 Å². The quantitative estimate of drug-likeness (QED) is 0.779. The van der Waals surface area contributed by atoms with Gasteiger partial charge in [0.2, 0.25) is 0 Å². The van der Waals surface area contributed by atoms with E-state index in [0.717, 1.165) is 0 Å². The van der Waals surface area contributed by atoms with E-state index in [9.17, 15) is 4.79 Å². The lowest BCUT2D eigenvalue weighted by molar-refractivity contribution is 0.0522. The standard InChI is InChI=1S/C11H12Cl2O3/c1-3-15-10-8(11(14)16-4-2)5-7(12)6-9(10)13/h5-6H,3-4H2,1-2H3. The Balaban J connectivity index is 3.17. The first-order valence-corrected chi connectivity index (χ1v) is 5.64. The fourth-order valence-electron chi connectivity index (χ4n) is 1.21. The molecule has 5 heteroatoms. The maximum atomic E-state index is 11.6. The van der Waals surface area contributed by atoms with Crippen molar-refractivity contribution in [3.63, 3.8) is 0 Å². The highest BCUT2D eigenvalue weighted by Crippen LogP contribution is 2.32. The Morgan fingerprint density at radius 1 is 1.25 bits per heavy atom. The molecule has 0 aliphatic carbocycles. The smallest absolute Gasteiger partial charge is 0.342 e. The number of halogens is 2. The van der Waals surface area contributed by atoms with Gasteiger partial charge in [0.05, 0.1) is 18.2 Å². The highest BCUT2D eigenvalue weighted by Gasteiger charge is 2.17. The molecule has 0 amide bonds. The van der Waals surface area contributed by atoms with E-state index in [1.807, 2.05) is 0 Å². The summed E-state index contributed by atoms with van der Waals surface area (Å²) in [4.78, 5) is 11.6. The Morgan fingerprint density at radius 2 is 1.94 bits per heavy atom. The number of esters is 1. The van der Waals surface area contributed by atoms with Crippen LogP contribution in [0.1, 0.15) is 24.2 Å². The van der Waals surface area contributed by atoms with Gasteiger partial charge in [-0.05, 0) is 26.0 Å². The second-order valence-corrected chi connectivity index (χ2v) is 3.76. The Hall–Kier alpha value is -0.930. The SMILES string of the molecule is CCOC(=O)c1cc(Cl)cc(Cl)c1OCC. The van der Waals surface area contributed by atoms with Crippen molar-refractivity contribution >= 4 is 29.2 Å². The zero-order valence-electron chi connectivity index (χ0n) is 9.05. The monoisotopic (exact) mass is 262 g/mol. The summed E-state index contributed by atoms with van der Waals surface area (Å²) >= 11 is 11.8. The minimum absolute atomic E-state index is 0.251. The summed E-state index contributed by atoms with van der Waals surface area (Å²) in [5.74, 6) is -0.178. The minimum atomic E-state index is -0.490. The Labute approximate surface area is 104 Å². The molecule has 0 radical (unpaired) electrons. The van der Waals surface area contributed by atoms with Gasteiger partial charge < -0.3 is 9.47 Å². The molecule has 0 spiro atoms. The van der Waals surface area contributed by atoms with Crippen LogP contribution in [-0.2, 0) is 4.74 Å². The van der Waals surface area contributed by atoms with Crippen LogP contribution in [0.15, 0.2) is 12.1 Å². The van der Waals surface area contributed by atoms with E-state index in [1.54, 1.807) is 13.8 Å². The summed E-state index contributed by atoms with van der Waals surface area (Å²) in [5, 5.41) is 0.675. The van der Waals surface area contributed by atoms with Gasteiger partial charge >= 0.3 is 5.97 Å². The molecular weight excluding hydrogens is 251 g/mol. The molecule has 0 saturated heterocycles. The lowest BCUT2D eigenvalue weighted by atomic mass is 10.2. The van der Waals surface area contributed by atoms with Gasteiger partial charge in [0.15, 0.2) is 5.75 Å². The van der Waals surface area contributed by atoms with Crippen molar-refractivity contribution in [3.8, 4) is 5.75 Å². The van der Waals surface area contributed by atoms with E-state index in [0.29, 0.717) is 22.4 Å². The molecule has 0 N–H and O–H groups in total. The van der Waals surface area contributed by atoms with Gasteiger partial charge in [-0.25, -0.2) is 4.79 Å². The number of carbonyl (C=O) groups excluding carboxylic acids is 1. The molecule has 88 valence electrons. The van der Waals surface area contributed by atoms with Crippen molar-refractivity contribution in [1.82, 2.24) is 0 Å². The van der Waals surface area contributed by atoms with E-state index < -0.39 is 5.97 Å². The number of ether oxygens (including phenoxy) is 2. The molecule has 0 heterocycles. The molecule has 0 fully saturated rings. The van der Waals surface area contributed by atoms with Gasteiger partial charge in [-0.2, -0.15) is 0 Å². The summed E-state index contributed by atoms with van der Waals surface area (Å²) in [6, 6.07) is 3.01.